The molecule has 1 unspecified atom stereocenters. The summed E-state index contributed by atoms with van der Waals surface area (Å²) in [4.78, 5) is 19.0. The fraction of sp³-hybridized carbons (Fsp3) is 0.800. The van der Waals surface area contributed by atoms with E-state index in [1.165, 1.54) is 32.1 Å². The number of aliphatic imine (C=N–C) groups is 1. The molecule has 1 saturated heterocycles. The largest absolute Gasteiger partial charge is 0.354 e. The lowest BCUT2D eigenvalue weighted by molar-refractivity contribution is -0.133. The highest BCUT2D eigenvalue weighted by Crippen LogP contribution is 2.18. The van der Waals surface area contributed by atoms with E-state index in [0.29, 0.717) is 12.6 Å². The van der Waals surface area contributed by atoms with Gasteiger partial charge < -0.3 is 20.1 Å². The van der Waals surface area contributed by atoms with Crippen molar-refractivity contribution in [1.29, 1.82) is 0 Å². The van der Waals surface area contributed by atoms with E-state index >= 15 is 0 Å². The van der Waals surface area contributed by atoms with E-state index < -0.39 is 0 Å². The van der Waals surface area contributed by atoms with Crippen LogP contribution in [0.25, 0.3) is 0 Å². The Kier molecular flexibility index (Phi) is 9.16. The van der Waals surface area contributed by atoms with E-state index in [-0.39, 0.29) is 41.8 Å². The van der Waals surface area contributed by atoms with Crippen LogP contribution in [0.5, 0.6) is 0 Å². The summed E-state index contributed by atoms with van der Waals surface area (Å²) in [7, 11) is 1.97. The monoisotopic (exact) mass is 517 g/mol. The molecule has 2 aliphatic rings. The molecule has 0 spiro atoms. The fourth-order valence-electron chi connectivity index (χ4n) is 3.95. The first-order valence-corrected chi connectivity index (χ1v) is 10.6. The van der Waals surface area contributed by atoms with Crippen LogP contribution in [-0.4, -0.2) is 56.7 Å². The SMILES string of the molecule is Cc1nnc(CN=C(NC2CCCCC2)NC2CCN(C(=O)C(C)C)C2)n1C.I. The first kappa shape index (κ1) is 23.9. The maximum Gasteiger partial charge on any atom is 0.225 e. The van der Waals surface area contributed by atoms with Crippen molar-refractivity contribution in [3.63, 3.8) is 0 Å². The predicted octanol–water partition coefficient (Wildman–Crippen LogP) is 2.37. The van der Waals surface area contributed by atoms with Crippen molar-refractivity contribution in [3.05, 3.63) is 11.6 Å². The first-order valence-electron chi connectivity index (χ1n) is 10.6. The zero-order chi connectivity index (χ0) is 20.1. The number of hydrogen-bond donors (Lipinski definition) is 2. The van der Waals surface area contributed by atoms with E-state index in [4.69, 9.17) is 4.99 Å². The first-order chi connectivity index (χ1) is 13.4. The summed E-state index contributed by atoms with van der Waals surface area (Å²) in [5, 5.41) is 15.5. The zero-order valence-corrected chi connectivity index (χ0v) is 20.5. The smallest absolute Gasteiger partial charge is 0.225 e. The zero-order valence-electron chi connectivity index (χ0n) is 18.1. The molecule has 3 rings (SSSR count). The molecule has 0 aromatic carbocycles. The lowest BCUT2D eigenvalue weighted by Crippen LogP contribution is -2.49. The van der Waals surface area contributed by atoms with Gasteiger partial charge in [-0.25, -0.2) is 4.99 Å². The van der Waals surface area contributed by atoms with Crippen LogP contribution in [0.4, 0.5) is 0 Å². The molecular formula is C20H36IN7O. The minimum absolute atomic E-state index is 0. The molecule has 1 atom stereocenters. The van der Waals surface area contributed by atoms with E-state index in [9.17, 15) is 4.79 Å². The van der Waals surface area contributed by atoms with Gasteiger partial charge in [0.15, 0.2) is 11.8 Å². The van der Waals surface area contributed by atoms with Crippen LogP contribution >= 0.6 is 24.0 Å². The van der Waals surface area contributed by atoms with Gasteiger partial charge in [0.1, 0.15) is 12.4 Å². The number of guanidine groups is 1. The molecule has 1 saturated carbocycles. The molecular weight excluding hydrogens is 481 g/mol. The average molecular weight is 517 g/mol. The molecule has 2 fully saturated rings. The Labute approximate surface area is 191 Å². The minimum Gasteiger partial charge on any atom is -0.354 e. The molecule has 9 heteroatoms. The van der Waals surface area contributed by atoms with Gasteiger partial charge in [-0.1, -0.05) is 33.1 Å². The predicted molar refractivity (Wildman–Crippen MR) is 125 cm³/mol. The van der Waals surface area contributed by atoms with E-state index in [1.807, 2.05) is 37.3 Å². The van der Waals surface area contributed by atoms with Crippen molar-refractivity contribution in [2.75, 3.05) is 13.1 Å². The molecule has 2 N–H and O–H groups in total. The van der Waals surface area contributed by atoms with Crippen molar-refractivity contribution in [2.24, 2.45) is 18.0 Å². The molecule has 29 heavy (non-hydrogen) atoms. The van der Waals surface area contributed by atoms with E-state index in [2.05, 4.69) is 20.8 Å². The second kappa shape index (κ2) is 11.1. The maximum absolute atomic E-state index is 12.3. The third-order valence-electron chi connectivity index (χ3n) is 5.84. The number of nitrogens with one attached hydrogen (secondary N) is 2. The van der Waals surface area contributed by atoms with Gasteiger partial charge in [-0.05, 0) is 26.2 Å². The number of halogens is 1. The molecule has 1 amide bonds. The Bertz CT molecular complexity index is 697. The highest BCUT2D eigenvalue weighted by molar-refractivity contribution is 14.0. The molecule has 164 valence electrons. The molecule has 1 aliphatic carbocycles. The van der Waals surface area contributed by atoms with Crippen LogP contribution in [0, 0.1) is 12.8 Å². The van der Waals surface area contributed by atoms with Gasteiger partial charge in [0.25, 0.3) is 0 Å². The van der Waals surface area contributed by atoms with Crippen LogP contribution < -0.4 is 10.6 Å². The third-order valence-corrected chi connectivity index (χ3v) is 5.84. The molecule has 0 radical (unpaired) electrons. The van der Waals surface area contributed by atoms with E-state index in [0.717, 1.165) is 37.1 Å². The van der Waals surface area contributed by atoms with Crippen molar-refractivity contribution in [3.8, 4) is 0 Å². The second-order valence-electron chi connectivity index (χ2n) is 8.44. The van der Waals surface area contributed by atoms with Gasteiger partial charge in [0.2, 0.25) is 5.91 Å². The second-order valence-corrected chi connectivity index (χ2v) is 8.44. The van der Waals surface area contributed by atoms with Gasteiger partial charge in [0.05, 0.1) is 0 Å². The minimum atomic E-state index is 0. The Morgan fingerprint density at radius 3 is 2.45 bits per heavy atom. The van der Waals surface area contributed by atoms with Crippen LogP contribution in [0.3, 0.4) is 0 Å². The fourth-order valence-corrected chi connectivity index (χ4v) is 3.95. The Morgan fingerprint density at radius 1 is 1.14 bits per heavy atom. The maximum atomic E-state index is 12.3. The summed E-state index contributed by atoms with van der Waals surface area (Å²) in [6.45, 7) is 7.91. The van der Waals surface area contributed by atoms with Gasteiger partial charge in [-0.3, -0.25) is 4.79 Å². The van der Waals surface area contributed by atoms with Crippen molar-refractivity contribution < 1.29 is 4.79 Å². The summed E-state index contributed by atoms with van der Waals surface area (Å²) in [6.07, 6.45) is 7.19. The average Bonchev–Trinajstić information content (AvgIpc) is 3.27. The van der Waals surface area contributed by atoms with Crippen LogP contribution in [0.1, 0.15) is 64.0 Å². The number of aromatic nitrogens is 3. The Morgan fingerprint density at radius 2 is 1.83 bits per heavy atom. The number of rotatable bonds is 5. The van der Waals surface area contributed by atoms with Gasteiger partial charge in [-0.15, -0.1) is 34.2 Å². The van der Waals surface area contributed by atoms with Crippen LogP contribution in [-0.2, 0) is 18.4 Å². The lowest BCUT2D eigenvalue weighted by atomic mass is 9.96. The quantitative estimate of drug-likeness (QED) is 0.356. The standard InChI is InChI=1S/C20H35N7O.HI/c1-14(2)19(28)27-11-10-17(13-27)23-20(22-16-8-6-5-7-9-16)21-12-18-25-24-15(3)26(18)4;/h14,16-17H,5-13H2,1-4H3,(H2,21,22,23);1H. The van der Waals surface area contributed by atoms with Crippen molar-refractivity contribution in [1.82, 2.24) is 30.3 Å². The molecule has 1 aromatic heterocycles. The molecule has 1 aliphatic heterocycles. The summed E-state index contributed by atoms with van der Waals surface area (Å²) in [5.41, 5.74) is 0. The number of amides is 1. The molecule has 8 nitrogen and oxygen atoms in total. The summed E-state index contributed by atoms with van der Waals surface area (Å²) < 4.78 is 1.97. The molecule has 1 aromatic rings. The van der Waals surface area contributed by atoms with Gasteiger partial charge >= 0.3 is 0 Å². The van der Waals surface area contributed by atoms with Crippen molar-refractivity contribution in [2.45, 2.75) is 77.9 Å². The van der Waals surface area contributed by atoms with Crippen LogP contribution in [0.15, 0.2) is 4.99 Å². The normalized spacial score (nSPS) is 20.7. The molecule has 2 heterocycles. The summed E-state index contributed by atoms with van der Waals surface area (Å²) in [6, 6.07) is 0.704. The van der Waals surface area contributed by atoms with E-state index in [1.54, 1.807) is 0 Å². The highest BCUT2D eigenvalue weighted by Gasteiger charge is 2.28. The number of carbonyl (C=O) groups is 1. The lowest BCUT2D eigenvalue weighted by Gasteiger charge is -2.26. The number of aryl methyl sites for hydroxylation is 1. The number of likely N-dealkylation sites (tertiary alicyclic amines) is 1. The van der Waals surface area contributed by atoms with Crippen molar-refractivity contribution >= 4 is 35.8 Å². The Balaban J connectivity index is 0.00000300. The summed E-state index contributed by atoms with van der Waals surface area (Å²) in [5.74, 6) is 2.85. The van der Waals surface area contributed by atoms with Gasteiger partial charge in [0, 0.05) is 38.1 Å². The van der Waals surface area contributed by atoms with Crippen LogP contribution in [0.2, 0.25) is 0 Å². The summed E-state index contributed by atoms with van der Waals surface area (Å²) >= 11 is 0. The third kappa shape index (κ3) is 6.55. The van der Waals surface area contributed by atoms with Gasteiger partial charge in [-0.2, -0.15) is 0 Å². The topological polar surface area (TPSA) is 87.4 Å². The number of nitrogens with zero attached hydrogens (tertiary/aromatic N) is 5. The number of hydrogen-bond acceptors (Lipinski definition) is 4. The molecule has 0 bridgehead atoms. The Hall–Kier alpha value is -1.39. The number of carbonyl (C=O) groups excluding carboxylic acids is 1. The highest BCUT2D eigenvalue weighted by atomic mass is 127.